The van der Waals surface area contributed by atoms with Gasteiger partial charge in [-0.3, -0.25) is 0 Å². The summed E-state index contributed by atoms with van der Waals surface area (Å²) >= 11 is 0. The first kappa shape index (κ1) is 21.9. The second kappa shape index (κ2) is 6.87. The maximum Gasteiger partial charge on any atom is 0.501 e. The van der Waals surface area contributed by atoms with Crippen LogP contribution in [0.2, 0.25) is 0 Å². The molecule has 0 unspecified atom stereocenters. The van der Waals surface area contributed by atoms with Crippen LogP contribution in [0, 0.1) is 11.2 Å². The number of anilines is 1. The molecule has 3 rings (SSSR count). The van der Waals surface area contributed by atoms with Crippen molar-refractivity contribution in [2.45, 2.75) is 28.9 Å². The van der Waals surface area contributed by atoms with Gasteiger partial charge in [0.1, 0.15) is 11.9 Å². The quantitative estimate of drug-likeness (QED) is 0.370. The Bertz CT molecular complexity index is 1150. The predicted octanol–water partition coefficient (Wildman–Crippen LogP) is 3.72. The number of sulfone groups is 1. The van der Waals surface area contributed by atoms with Gasteiger partial charge in [0.15, 0.2) is 11.6 Å². The first-order valence-electron chi connectivity index (χ1n) is 8.01. The van der Waals surface area contributed by atoms with Crippen molar-refractivity contribution in [1.82, 2.24) is 0 Å². The first-order valence-corrected chi connectivity index (χ1v) is 9.50. The van der Waals surface area contributed by atoms with E-state index in [2.05, 4.69) is 0 Å². The maximum absolute atomic E-state index is 14.2. The van der Waals surface area contributed by atoms with Crippen molar-refractivity contribution in [3.05, 3.63) is 46.8 Å². The summed E-state index contributed by atoms with van der Waals surface area (Å²) in [6, 6.07) is 2.94. The van der Waals surface area contributed by atoms with Crippen molar-refractivity contribution in [3.63, 3.8) is 0 Å². The van der Waals surface area contributed by atoms with E-state index in [0.717, 1.165) is 12.1 Å². The molecule has 13 heteroatoms. The highest BCUT2D eigenvalue weighted by Crippen LogP contribution is 2.51. The van der Waals surface area contributed by atoms with E-state index in [9.17, 15) is 39.9 Å². The van der Waals surface area contributed by atoms with Gasteiger partial charge in [0.25, 0.3) is 15.8 Å². The van der Waals surface area contributed by atoms with Gasteiger partial charge in [-0.15, -0.1) is 0 Å². The monoisotopic (exact) mass is 454 g/mol. The fourth-order valence-electron chi connectivity index (χ4n) is 3.05. The molecule has 2 aromatic rings. The number of ether oxygens (including phenoxy) is 1. The second-order valence-corrected chi connectivity index (χ2v) is 8.28. The molecule has 30 heavy (non-hydrogen) atoms. The highest BCUT2D eigenvalue weighted by molar-refractivity contribution is 7.92. The van der Waals surface area contributed by atoms with E-state index in [4.69, 9.17) is 15.9 Å². The number of rotatable bonds is 4. The molecule has 0 heterocycles. The van der Waals surface area contributed by atoms with E-state index in [1.807, 2.05) is 0 Å². The number of aliphatic hydroxyl groups excluding tert-OH is 1. The molecule has 2 aromatic carbocycles. The van der Waals surface area contributed by atoms with Gasteiger partial charge in [0.2, 0.25) is 0 Å². The molecule has 4 N–H and O–H groups in total. The minimum absolute atomic E-state index is 0.111. The zero-order valence-corrected chi connectivity index (χ0v) is 15.4. The summed E-state index contributed by atoms with van der Waals surface area (Å²) in [5, 5.41) is 17.1. The van der Waals surface area contributed by atoms with Gasteiger partial charge in [-0.25, -0.2) is 21.6 Å². The number of fused-ring (bicyclic) bond motifs is 1. The van der Waals surface area contributed by atoms with Crippen molar-refractivity contribution in [3.8, 4) is 11.5 Å². The average molecular weight is 454 g/mol. The van der Waals surface area contributed by atoms with Gasteiger partial charge in [0.05, 0.1) is 10.5 Å². The number of nitrogens with one attached hydrogen (secondary N) is 1. The lowest BCUT2D eigenvalue weighted by Gasteiger charge is -2.18. The summed E-state index contributed by atoms with van der Waals surface area (Å²) in [4.78, 5) is -1.55. The van der Waals surface area contributed by atoms with Crippen molar-refractivity contribution in [2.75, 3.05) is 5.73 Å². The number of nitrogen functional groups attached to an aromatic ring is 1. The Kier molecular flexibility index (Phi) is 5.02. The fourth-order valence-corrected chi connectivity index (χ4v) is 4.08. The molecule has 0 amide bonds. The van der Waals surface area contributed by atoms with E-state index in [1.54, 1.807) is 0 Å². The van der Waals surface area contributed by atoms with Gasteiger partial charge in [0, 0.05) is 29.4 Å². The van der Waals surface area contributed by atoms with Gasteiger partial charge in [-0.2, -0.15) is 13.2 Å². The third-order valence-corrected chi connectivity index (χ3v) is 6.04. The Hall–Kier alpha value is -2.80. The Morgan fingerprint density at radius 3 is 2.43 bits per heavy atom. The molecule has 1 aliphatic rings. The molecule has 1 aliphatic carbocycles. The smallest absolute Gasteiger partial charge is 0.453 e. The normalized spacial score (nSPS) is 18.2. The van der Waals surface area contributed by atoms with E-state index < -0.39 is 67.1 Å². The number of halogens is 6. The average Bonchev–Trinajstić information content (AvgIpc) is 2.87. The minimum Gasteiger partial charge on any atom is -0.453 e. The third kappa shape index (κ3) is 3.27. The molecule has 0 radical (unpaired) electrons. The second-order valence-electron chi connectivity index (χ2n) is 6.37. The fraction of sp³-hybridized carbons (Fsp3) is 0.235. The molecular weight excluding hydrogens is 442 g/mol. The van der Waals surface area contributed by atoms with Crippen LogP contribution in [0.5, 0.6) is 11.5 Å². The van der Waals surface area contributed by atoms with Crippen LogP contribution < -0.4 is 10.5 Å². The van der Waals surface area contributed by atoms with Crippen LogP contribution in [0.4, 0.5) is 32.0 Å². The van der Waals surface area contributed by atoms with E-state index in [-0.39, 0.29) is 11.3 Å². The van der Waals surface area contributed by atoms with Gasteiger partial charge >= 0.3 is 5.51 Å². The topological polar surface area (TPSA) is 113 Å². The Morgan fingerprint density at radius 1 is 1.23 bits per heavy atom. The van der Waals surface area contributed by atoms with Crippen molar-refractivity contribution in [1.29, 1.82) is 5.41 Å². The predicted molar refractivity (Wildman–Crippen MR) is 92.1 cm³/mol. The molecule has 1 atom stereocenters. The zero-order chi connectivity index (χ0) is 22.6. The molecule has 0 aliphatic heterocycles. The third-order valence-electron chi connectivity index (χ3n) is 4.49. The molecule has 0 fully saturated rings. The van der Waals surface area contributed by atoms with Crippen LogP contribution in [0.1, 0.15) is 22.8 Å². The van der Waals surface area contributed by atoms with Crippen LogP contribution in [0.3, 0.4) is 0 Å². The summed E-state index contributed by atoms with van der Waals surface area (Å²) < 4.78 is 110. The molecule has 6 nitrogen and oxygen atoms in total. The van der Waals surface area contributed by atoms with Crippen LogP contribution in [-0.2, 0) is 16.3 Å². The van der Waals surface area contributed by atoms with Gasteiger partial charge < -0.3 is 21.0 Å². The maximum atomic E-state index is 14.2. The van der Waals surface area contributed by atoms with Crippen molar-refractivity contribution >= 4 is 21.7 Å². The summed E-state index contributed by atoms with van der Waals surface area (Å²) in [6.45, 7) is 0. The summed E-state index contributed by atoms with van der Waals surface area (Å²) in [6.07, 6.45) is -3.61. The Balaban J connectivity index is 2.25. The summed E-state index contributed by atoms with van der Waals surface area (Å²) in [5.41, 5.74) is -2.53. The molecule has 0 saturated carbocycles. The number of nitrogens with two attached hydrogens (primary N) is 1. The lowest BCUT2D eigenvalue weighted by molar-refractivity contribution is -0.0978. The number of benzene rings is 2. The SMILES string of the molecule is N=Cc1c(N)ccc(F)c1Oc1ccc(S(=O)(=O)C(F)(F)F)c2c1CC(F)(F)[C@H]2O. The number of aliphatic hydroxyl groups is 1. The van der Waals surface area contributed by atoms with Crippen molar-refractivity contribution in [2.24, 2.45) is 0 Å². The van der Waals surface area contributed by atoms with Crippen LogP contribution >= 0.6 is 0 Å². The van der Waals surface area contributed by atoms with Crippen LogP contribution in [0.15, 0.2) is 29.2 Å². The first-order chi connectivity index (χ1) is 13.7. The lowest BCUT2D eigenvalue weighted by Crippen LogP contribution is -2.26. The van der Waals surface area contributed by atoms with Crippen LogP contribution in [0.25, 0.3) is 0 Å². The van der Waals surface area contributed by atoms with E-state index in [0.29, 0.717) is 18.3 Å². The van der Waals surface area contributed by atoms with Crippen LogP contribution in [-0.4, -0.2) is 31.2 Å². The highest BCUT2D eigenvalue weighted by atomic mass is 32.2. The minimum atomic E-state index is -6.08. The molecule has 0 spiro atoms. The zero-order valence-electron chi connectivity index (χ0n) is 14.6. The molecular formula is C17H12F6N2O4S. The number of alkyl halides is 5. The van der Waals surface area contributed by atoms with E-state index in [1.165, 1.54) is 0 Å². The molecule has 0 bridgehead atoms. The molecule has 0 aromatic heterocycles. The Morgan fingerprint density at radius 2 is 1.87 bits per heavy atom. The highest BCUT2D eigenvalue weighted by Gasteiger charge is 2.55. The standard InChI is InChI=1S/C17H12F6N2O4S/c18-9-1-2-10(25)8(6-24)14(9)29-11-3-4-12(30(27,28)17(21,22)23)13-7(11)5-16(19,20)15(13)26/h1-4,6,15,24,26H,5,25H2/t15-/m0/s1. The Labute approximate surface area is 165 Å². The van der Waals surface area contributed by atoms with Gasteiger partial charge in [-0.05, 0) is 24.3 Å². The molecule has 0 saturated heterocycles. The largest absolute Gasteiger partial charge is 0.501 e. The number of hydrogen-bond donors (Lipinski definition) is 3. The summed E-state index contributed by atoms with van der Waals surface area (Å²) in [5.74, 6) is -6.36. The lowest BCUT2D eigenvalue weighted by atomic mass is 10.1. The summed E-state index contributed by atoms with van der Waals surface area (Å²) in [7, 11) is -6.08. The number of hydrogen-bond acceptors (Lipinski definition) is 6. The van der Waals surface area contributed by atoms with Crippen molar-refractivity contribution < 1.29 is 44.6 Å². The van der Waals surface area contributed by atoms with Gasteiger partial charge in [-0.1, -0.05) is 0 Å². The van der Waals surface area contributed by atoms with E-state index >= 15 is 0 Å². The molecule has 162 valence electrons.